The molecule has 0 amide bonds. The second-order valence-electron chi connectivity index (χ2n) is 4.26. The minimum atomic E-state index is 0.564. The summed E-state index contributed by atoms with van der Waals surface area (Å²) in [6, 6.07) is 14.2. The van der Waals surface area contributed by atoms with E-state index >= 15 is 0 Å². The Labute approximate surface area is 122 Å². The molecule has 0 bridgehead atoms. The van der Waals surface area contributed by atoms with Crippen LogP contribution < -0.4 is 9.47 Å². The molecule has 0 radical (unpaired) electrons. The molecule has 19 heavy (non-hydrogen) atoms. The van der Waals surface area contributed by atoms with Gasteiger partial charge >= 0.3 is 0 Å². The molecule has 0 fully saturated rings. The van der Waals surface area contributed by atoms with Crippen molar-refractivity contribution in [2.45, 2.75) is 20.0 Å². The van der Waals surface area contributed by atoms with Gasteiger partial charge in [-0.1, -0.05) is 31.2 Å². The van der Waals surface area contributed by atoms with Crippen LogP contribution in [0.15, 0.2) is 46.9 Å². The van der Waals surface area contributed by atoms with Gasteiger partial charge in [0.1, 0.15) is 18.1 Å². The Morgan fingerprint density at radius 2 is 1.68 bits per heavy atom. The van der Waals surface area contributed by atoms with E-state index in [0.717, 1.165) is 22.4 Å². The summed E-state index contributed by atoms with van der Waals surface area (Å²) in [6.45, 7) is 2.72. The Morgan fingerprint density at radius 3 is 2.26 bits per heavy atom. The predicted octanol–water partition coefficient (Wildman–Crippen LogP) is 4.60. The first-order valence-electron chi connectivity index (χ1n) is 6.27. The fourth-order valence-electron chi connectivity index (χ4n) is 1.76. The third kappa shape index (κ3) is 3.74. The van der Waals surface area contributed by atoms with Crippen molar-refractivity contribution in [3.8, 4) is 11.5 Å². The molecular weight excluding hydrogens is 304 g/mol. The lowest BCUT2D eigenvalue weighted by atomic mass is 10.1. The van der Waals surface area contributed by atoms with Crippen molar-refractivity contribution in [3.05, 3.63) is 58.1 Å². The molecule has 3 heteroatoms. The molecule has 0 aromatic heterocycles. The van der Waals surface area contributed by atoms with Crippen LogP contribution in [0.2, 0.25) is 0 Å². The van der Waals surface area contributed by atoms with E-state index in [1.807, 2.05) is 18.2 Å². The van der Waals surface area contributed by atoms with Crippen LogP contribution in [0.3, 0.4) is 0 Å². The van der Waals surface area contributed by atoms with E-state index in [0.29, 0.717) is 6.61 Å². The maximum Gasteiger partial charge on any atom is 0.134 e. The highest BCUT2D eigenvalue weighted by atomic mass is 79.9. The number of benzene rings is 2. The zero-order valence-electron chi connectivity index (χ0n) is 11.2. The van der Waals surface area contributed by atoms with E-state index in [1.165, 1.54) is 11.1 Å². The molecule has 2 aromatic carbocycles. The van der Waals surface area contributed by atoms with Gasteiger partial charge in [0.2, 0.25) is 0 Å². The summed E-state index contributed by atoms with van der Waals surface area (Å²) in [6.07, 6.45) is 1.06. The van der Waals surface area contributed by atoms with Gasteiger partial charge in [-0.25, -0.2) is 0 Å². The fourth-order valence-corrected chi connectivity index (χ4v) is 2.23. The van der Waals surface area contributed by atoms with Crippen molar-refractivity contribution < 1.29 is 9.47 Å². The Kier molecular flexibility index (Phi) is 4.86. The van der Waals surface area contributed by atoms with Gasteiger partial charge in [0.15, 0.2) is 0 Å². The first kappa shape index (κ1) is 13.9. The van der Waals surface area contributed by atoms with Gasteiger partial charge in [-0.05, 0) is 51.7 Å². The molecule has 0 N–H and O–H groups in total. The van der Waals surface area contributed by atoms with Crippen LogP contribution in [-0.4, -0.2) is 7.11 Å². The number of aryl methyl sites for hydroxylation is 1. The molecule has 0 atom stereocenters. The minimum Gasteiger partial charge on any atom is -0.497 e. The van der Waals surface area contributed by atoms with Gasteiger partial charge in [0.05, 0.1) is 11.6 Å². The lowest BCUT2D eigenvalue weighted by Gasteiger charge is -2.10. The maximum absolute atomic E-state index is 5.79. The summed E-state index contributed by atoms with van der Waals surface area (Å²) in [5, 5.41) is 0. The Bertz CT molecular complexity index is 535. The van der Waals surface area contributed by atoms with E-state index < -0.39 is 0 Å². The normalized spacial score (nSPS) is 10.3. The Balaban J connectivity index is 2.01. The molecular formula is C16H17BrO2. The summed E-state index contributed by atoms with van der Waals surface area (Å²) < 4.78 is 11.8. The van der Waals surface area contributed by atoms with E-state index in [4.69, 9.17) is 9.47 Å². The first-order valence-corrected chi connectivity index (χ1v) is 7.06. The average molecular weight is 321 g/mol. The van der Waals surface area contributed by atoms with E-state index in [2.05, 4.69) is 47.1 Å². The Hall–Kier alpha value is -1.48. The van der Waals surface area contributed by atoms with Crippen LogP contribution in [0.4, 0.5) is 0 Å². The van der Waals surface area contributed by atoms with E-state index in [-0.39, 0.29) is 0 Å². The number of hydrogen-bond acceptors (Lipinski definition) is 2. The molecule has 0 aliphatic carbocycles. The highest BCUT2D eigenvalue weighted by Crippen LogP contribution is 2.29. The minimum absolute atomic E-state index is 0.564. The molecule has 2 rings (SSSR count). The van der Waals surface area contributed by atoms with Gasteiger partial charge < -0.3 is 9.47 Å². The summed E-state index contributed by atoms with van der Waals surface area (Å²) in [7, 11) is 1.65. The topological polar surface area (TPSA) is 18.5 Å². The van der Waals surface area contributed by atoms with Crippen LogP contribution >= 0.6 is 15.9 Å². The van der Waals surface area contributed by atoms with E-state index in [9.17, 15) is 0 Å². The van der Waals surface area contributed by atoms with Crippen molar-refractivity contribution in [1.82, 2.24) is 0 Å². The lowest BCUT2D eigenvalue weighted by molar-refractivity contribution is 0.303. The average Bonchev–Trinajstić information content (AvgIpc) is 2.46. The molecule has 2 aromatic rings. The third-order valence-electron chi connectivity index (χ3n) is 2.96. The van der Waals surface area contributed by atoms with Crippen molar-refractivity contribution in [2.24, 2.45) is 0 Å². The maximum atomic E-state index is 5.79. The quantitative estimate of drug-likeness (QED) is 0.801. The molecule has 0 saturated carbocycles. The van der Waals surface area contributed by atoms with Crippen LogP contribution in [0.25, 0.3) is 0 Å². The van der Waals surface area contributed by atoms with Crippen LogP contribution in [0, 0.1) is 0 Å². The fraction of sp³-hybridized carbons (Fsp3) is 0.250. The zero-order chi connectivity index (χ0) is 13.7. The van der Waals surface area contributed by atoms with Gasteiger partial charge in [-0.15, -0.1) is 0 Å². The number of hydrogen-bond donors (Lipinski definition) is 0. The van der Waals surface area contributed by atoms with Gasteiger partial charge in [-0.2, -0.15) is 0 Å². The summed E-state index contributed by atoms with van der Waals surface area (Å²) in [5.41, 5.74) is 2.51. The summed E-state index contributed by atoms with van der Waals surface area (Å²) >= 11 is 3.48. The van der Waals surface area contributed by atoms with Crippen molar-refractivity contribution >= 4 is 15.9 Å². The van der Waals surface area contributed by atoms with Gasteiger partial charge in [0, 0.05) is 0 Å². The Morgan fingerprint density at radius 1 is 1.00 bits per heavy atom. The summed E-state index contributed by atoms with van der Waals surface area (Å²) in [5.74, 6) is 1.63. The zero-order valence-corrected chi connectivity index (χ0v) is 12.7. The number of halogens is 1. The third-order valence-corrected chi connectivity index (χ3v) is 3.58. The second kappa shape index (κ2) is 6.62. The smallest absolute Gasteiger partial charge is 0.134 e. The lowest BCUT2D eigenvalue weighted by Crippen LogP contribution is -1.96. The van der Waals surface area contributed by atoms with Crippen LogP contribution in [0.1, 0.15) is 18.1 Å². The number of rotatable bonds is 5. The monoisotopic (exact) mass is 320 g/mol. The summed E-state index contributed by atoms with van der Waals surface area (Å²) in [4.78, 5) is 0. The number of methoxy groups -OCH3 is 1. The van der Waals surface area contributed by atoms with Crippen LogP contribution in [0.5, 0.6) is 11.5 Å². The largest absolute Gasteiger partial charge is 0.497 e. The van der Waals surface area contributed by atoms with Crippen molar-refractivity contribution in [1.29, 1.82) is 0 Å². The SMILES string of the molecule is CCc1ccc(COc2ccc(OC)cc2Br)cc1. The molecule has 100 valence electrons. The highest BCUT2D eigenvalue weighted by molar-refractivity contribution is 9.10. The van der Waals surface area contributed by atoms with Crippen molar-refractivity contribution in [2.75, 3.05) is 7.11 Å². The second-order valence-corrected chi connectivity index (χ2v) is 5.11. The molecule has 0 unspecified atom stereocenters. The van der Waals surface area contributed by atoms with Crippen molar-refractivity contribution in [3.63, 3.8) is 0 Å². The molecule has 0 aliphatic rings. The number of ether oxygens (including phenoxy) is 2. The predicted molar refractivity (Wildman–Crippen MR) is 80.8 cm³/mol. The van der Waals surface area contributed by atoms with E-state index in [1.54, 1.807) is 7.11 Å². The molecule has 0 aliphatic heterocycles. The molecule has 0 saturated heterocycles. The highest BCUT2D eigenvalue weighted by Gasteiger charge is 2.03. The first-order chi connectivity index (χ1) is 9.22. The van der Waals surface area contributed by atoms with Gasteiger partial charge in [0.25, 0.3) is 0 Å². The molecule has 0 heterocycles. The standard InChI is InChI=1S/C16H17BrO2/c1-3-12-4-6-13(7-5-12)11-19-16-9-8-14(18-2)10-15(16)17/h4-10H,3,11H2,1-2H3. The van der Waals surface area contributed by atoms with Crippen LogP contribution in [-0.2, 0) is 13.0 Å². The molecule has 0 spiro atoms. The van der Waals surface area contributed by atoms with Gasteiger partial charge in [-0.3, -0.25) is 0 Å². The molecule has 2 nitrogen and oxygen atoms in total.